The molecule has 2 saturated carbocycles. The van der Waals surface area contributed by atoms with Gasteiger partial charge < -0.3 is 10.2 Å². The van der Waals surface area contributed by atoms with Gasteiger partial charge in [0.1, 0.15) is 0 Å². The highest BCUT2D eigenvalue weighted by molar-refractivity contribution is 5.17. The molecule has 0 radical (unpaired) electrons. The topological polar surface area (TPSA) is 40.5 Å². The third-order valence-electron chi connectivity index (χ3n) is 6.77. The summed E-state index contributed by atoms with van der Waals surface area (Å²) in [5, 5.41) is 19.0. The fraction of sp³-hybridized carbons (Fsp3) is 0.800. The molecule has 2 rings (SSSR count). The highest BCUT2D eigenvalue weighted by Crippen LogP contribution is 2.61. The van der Waals surface area contributed by atoms with E-state index < -0.39 is 0 Å². The largest absolute Gasteiger partial charge is 0.396 e. The molecule has 126 valence electrons. The van der Waals surface area contributed by atoms with Crippen LogP contribution in [0, 0.1) is 22.7 Å². The molecule has 0 aromatic carbocycles. The number of hydrogen-bond donors (Lipinski definition) is 2. The molecule has 2 aliphatic rings. The third kappa shape index (κ3) is 3.19. The molecule has 0 bridgehead atoms. The lowest BCUT2D eigenvalue weighted by molar-refractivity contribution is -0.0858. The normalized spacial score (nSPS) is 39.7. The zero-order valence-corrected chi connectivity index (χ0v) is 14.7. The van der Waals surface area contributed by atoms with Crippen LogP contribution in [0.2, 0.25) is 0 Å². The molecule has 0 heterocycles. The van der Waals surface area contributed by atoms with Crippen molar-refractivity contribution in [3.63, 3.8) is 0 Å². The quantitative estimate of drug-likeness (QED) is 0.735. The molecule has 2 N–H and O–H groups in total. The van der Waals surface area contributed by atoms with Gasteiger partial charge in [-0.25, -0.2) is 0 Å². The first-order chi connectivity index (χ1) is 10.4. The maximum atomic E-state index is 9.98. The van der Waals surface area contributed by atoms with Gasteiger partial charge in [0.25, 0.3) is 0 Å². The molecular weight excluding hydrogens is 272 g/mol. The number of hydrogen-bond acceptors (Lipinski definition) is 2. The first-order valence-electron chi connectivity index (χ1n) is 8.92. The Bertz CT molecular complexity index is 439. The predicted molar refractivity (Wildman–Crippen MR) is 92.6 cm³/mol. The minimum Gasteiger partial charge on any atom is -0.396 e. The molecular formula is C20H34O2. The maximum Gasteiger partial charge on any atom is 0.0614 e. The zero-order valence-electron chi connectivity index (χ0n) is 14.7. The van der Waals surface area contributed by atoms with Gasteiger partial charge in [0.15, 0.2) is 0 Å². The highest BCUT2D eigenvalue weighted by atomic mass is 16.3. The van der Waals surface area contributed by atoms with Crippen LogP contribution in [0.25, 0.3) is 0 Å². The fourth-order valence-corrected chi connectivity index (χ4v) is 5.44. The molecule has 0 unspecified atom stereocenters. The summed E-state index contributed by atoms with van der Waals surface area (Å²) in [5.74, 6) is 1.16. The third-order valence-corrected chi connectivity index (χ3v) is 6.77. The van der Waals surface area contributed by atoms with Crippen LogP contribution in [0.15, 0.2) is 23.8 Å². The van der Waals surface area contributed by atoms with E-state index in [1.54, 1.807) is 0 Å². The van der Waals surface area contributed by atoms with Crippen molar-refractivity contribution in [1.82, 2.24) is 0 Å². The van der Waals surface area contributed by atoms with E-state index in [9.17, 15) is 5.11 Å². The van der Waals surface area contributed by atoms with Gasteiger partial charge in [-0.05, 0) is 68.1 Å². The summed E-state index contributed by atoms with van der Waals surface area (Å²) in [6, 6.07) is 0. The van der Waals surface area contributed by atoms with E-state index in [0.717, 1.165) is 25.7 Å². The Kier molecular flexibility index (Phi) is 5.55. The van der Waals surface area contributed by atoms with Crippen molar-refractivity contribution in [3.8, 4) is 0 Å². The summed E-state index contributed by atoms with van der Waals surface area (Å²) in [6.45, 7) is 11.7. The molecule has 2 fully saturated rings. The van der Waals surface area contributed by atoms with Gasteiger partial charge in [-0.3, -0.25) is 0 Å². The van der Waals surface area contributed by atoms with Crippen LogP contribution in [0.4, 0.5) is 0 Å². The van der Waals surface area contributed by atoms with Gasteiger partial charge in [-0.1, -0.05) is 44.1 Å². The van der Waals surface area contributed by atoms with Crippen molar-refractivity contribution in [1.29, 1.82) is 0 Å². The summed E-state index contributed by atoms with van der Waals surface area (Å²) in [5.41, 5.74) is 3.06. The van der Waals surface area contributed by atoms with Crippen molar-refractivity contribution >= 4 is 0 Å². The fourth-order valence-electron chi connectivity index (χ4n) is 5.44. The molecule has 22 heavy (non-hydrogen) atoms. The minimum atomic E-state index is 0.0853. The number of fused-ring (bicyclic) bond motifs is 1. The van der Waals surface area contributed by atoms with Gasteiger partial charge in [0, 0.05) is 6.61 Å². The van der Waals surface area contributed by atoms with Crippen LogP contribution in [0.1, 0.15) is 65.7 Å². The Morgan fingerprint density at radius 1 is 1.32 bits per heavy atom. The first kappa shape index (κ1) is 17.7. The van der Waals surface area contributed by atoms with Crippen molar-refractivity contribution < 1.29 is 10.2 Å². The standard InChI is InChI=1S/C20H34O2/c1-15(10-13-21)6-8-17-16(2)7-9-18-19(3,14-22)11-5-12-20(17,18)4/h10,17-18,21-22H,2,5-9,11-14H2,1,3-4H3/b15-10+/t17-,18-,19-,20-/m0/s1. The zero-order chi connectivity index (χ0) is 16.4. The van der Waals surface area contributed by atoms with Crippen LogP contribution in [-0.4, -0.2) is 23.4 Å². The molecule has 0 spiro atoms. The highest BCUT2D eigenvalue weighted by Gasteiger charge is 2.53. The summed E-state index contributed by atoms with van der Waals surface area (Å²) < 4.78 is 0. The molecule has 2 heteroatoms. The van der Waals surface area contributed by atoms with Gasteiger partial charge in [0.2, 0.25) is 0 Å². The average Bonchev–Trinajstić information content (AvgIpc) is 2.46. The summed E-state index contributed by atoms with van der Waals surface area (Å²) in [4.78, 5) is 0. The monoisotopic (exact) mass is 306 g/mol. The minimum absolute atomic E-state index is 0.0853. The van der Waals surface area contributed by atoms with Gasteiger partial charge in [-0.15, -0.1) is 0 Å². The Morgan fingerprint density at radius 2 is 2.05 bits per heavy atom. The smallest absolute Gasteiger partial charge is 0.0614 e. The average molecular weight is 306 g/mol. The SMILES string of the molecule is C=C1CC[C@H]2[C@](C)(CO)CCC[C@@]2(C)[C@H]1CC/C(C)=C/CO. The second-order valence-electron chi connectivity index (χ2n) is 8.25. The lowest BCUT2D eigenvalue weighted by Crippen LogP contribution is -2.51. The van der Waals surface area contributed by atoms with E-state index in [1.165, 1.54) is 30.4 Å². The number of allylic oxidation sites excluding steroid dienone is 2. The molecule has 0 aromatic heterocycles. The molecule has 2 nitrogen and oxygen atoms in total. The van der Waals surface area contributed by atoms with Crippen molar-refractivity contribution in [2.24, 2.45) is 22.7 Å². The van der Waals surface area contributed by atoms with Gasteiger partial charge in [0.05, 0.1) is 6.61 Å². The summed E-state index contributed by atoms with van der Waals surface area (Å²) >= 11 is 0. The van der Waals surface area contributed by atoms with Crippen molar-refractivity contribution in [2.75, 3.05) is 13.2 Å². The van der Waals surface area contributed by atoms with E-state index in [2.05, 4.69) is 27.4 Å². The van der Waals surface area contributed by atoms with E-state index in [4.69, 9.17) is 5.11 Å². The number of aliphatic hydroxyl groups is 2. The lowest BCUT2D eigenvalue weighted by atomic mass is 9.47. The van der Waals surface area contributed by atoms with Gasteiger partial charge >= 0.3 is 0 Å². The van der Waals surface area contributed by atoms with Crippen LogP contribution >= 0.6 is 0 Å². The molecule has 0 amide bonds. The van der Waals surface area contributed by atoms with Crippen LogP contribution in [-0.2, 0) is 0 Å². The molecule has 0 aliphatic heterocycles. The second kappa shape index (κ2) is 6.88. The van der Waals surface area contributed by atoms with E-state index in [0.29, 0.717) is 18.4 Å². The number of rotatable bonds is 5. The van der Waals surface area contributed by atoms with Crippen molar-refractivity contribution in [2.45, 2.75) is 65.7 Å². The number of aliphatic hydroxyl groups excluding tert-OH is 2. The lowest BCUT2D eigenvalue weighted by Gasteiger charge is -2.58. The van der Waals surface area contributed by atoms with Crippen LogP contribution in [0.3, 0.4) is 0 Å². The van der Waals surface area contributed by atoms with E-state index in [1.807, 2.05) is 6.08 Å². The van der Waals surface area contributed by atoms with Crippen molar-refractivity contribution in [3.05, 3.63) is 23.8 Å². The van der Waals surface area contributed by atoms with Crippen LogP contribution < -0.4 is 0 Å². The first-order valence-corrected chi connectivity index (χ1v) is 8.92. The molecule has 2 aliphatic carbocycles. The maximum absolute atomic E-state index is 9.98. The summed E-state index contributed by atoms with van der Waals surface area (Å²) in [7, 11) is 0. The Labute approximate surface area is 136 Å². The van der Waals surface area contributed by atoms with Gasteiger partial charge in [-0.2, -0.15) is 0 Å². The second-order valence-corrected chi connectivity index (χ2v) is 8.25. The predicted octanol–water partition coefficient (Wildman–Crippen LogP) is 4.48. The summed E-state index contributed by atoms with van der Waals surface area (Å²) in [6.07, 6.45) is 10.0. The van der Waals surface area contributed by atoms with Crippen LogP contribution in [0.5, 0.6) is 0 Å². The Morgan fingerprint density at radius 3 is 2.68 bits per heavy atom. The van der Waals surface area contributed by atoms with E-state index in [-0.39, 0.29) is 17.4 Å². The molecule has 0 saturated heterocycles. The molecule has 0 aromatic rings. The van der Waals surface area contributed by atoms with E-state index >= 15 is 0 Å². The Hall–Kier alpha value is -0.600. The Balaban J connectivity index is 2.20. The molecule has 4 atom stereocenters.